The normalized spacial score (nSPS) is 13.3. The fourth-order valence-corrected chi connectivity index (χ4v) is 2.79. The molecule has 0 aliphatic rings. The molecular formula is C20H26ClNO7. The number of rotatable bonds is 10. The van der Waals surface area contributed by atoms with Crippen LogP contribution >= 0.6 is 11.6 Å². The lowest BCUT2D eigenvalue weighted by molar-refractivity contribution is -0.168. The van der Waals surface area contributed by atoms with Crippen LogP contribution in [0.2, 0.25) is 5.02 Å². The van der Waals surface area contributed by atoms with Crippen molar-refractivity contribution in [2.75, 3.05) is 20.3 Å². The number of hydrogen-bond donors (Lipinski definition) is 0. The number of ketones is 2. The maximum absolute atomic E-state index is 13.4. The number of nitrogens with zero attached hydrogens (tertiary/aromatic N) is 1. The van der Waals surface area contributed by atoms with Crippen LogP contribution in [0.1, 0.15) is 50.9 Å². The number of Topliss-reactive ketones (excluding diaryl/α,β-unsaturated/α-hetero) is 2. The Labute approximate surface area is 174 Å². The molecule has 0 fully saturated rings. The van der Waals surface area contributed by atoms with Crippen LogP contribution in [0, 0.1) is 5.41 Å². The summed E-state index contributed by atoms with van der Waals surface area (Å²) in [7, 11) is 1.26. The van der Waals surface area contributed by atoms with Gasteiger partial charge in [-0.05, 0) is 40.2 Å². The van der Waals surface area contributed by atoms with E-state index in [1.165, 1.54) is 25.6 Å². The van der Waals surface area contributed by atoms with E-state index in [-0.39, 0.29) is 23.6 Å². The van der Waals surface area contributed by atoms with Gasteiger partial charge in [0.1, 0.15) is 12.2 Å². The van der Waals surface area contributed by atoms with E-state index in [1.807, 2.05) is 0 Å². The average molecular weight is 428 g/mol. The Morgan fingerprint density at radius 2 is 1.79 bits per heavy atom. The number of carbonyl (C=O) groups is 4. The molecule has 0 radical (unpaired) electrons. The van der Waals surface area contributed by atoms with Gasteiger partial charge in [-0.1, -0.05) is 11.6 Å². The monoisotopic (exact) mass is 427 g/mol. The van der Waals surface area contributed by atoms with Gasteiger partial charge in [0.25, 0.3) is 0 Å². The Morgan fingerprint density at radius 1 is 1.14 bits per heavy atom. The lowest BCUT2D eigenvalue weighted by atomic mass is 9.73. The smallest absolute Gasteiger partial charge is 0.328 e. The molecule has 1 aromatic heterocycles. The Balaban J connectivity index is 3.53. The number of esters is 2. The molecule has 1 aromatic rings. The molecule has 1 heterocycles. The lowest BCUT2D eigenvalue weighted by Crippen LogP contribution is -2.51. The lowest BCUT2D eigenvalue weighted by Gasteiger charge is -2.32. The molecule has 0 aromatic carbocycles. The van der Waals surface area contributed by atoms with E-state index in [4.69, 9.17) is 25.8 Å². The van der Waals surface area contributed by atoms with Gasteiger partial charge in [0.15, 0.2) is 17.0 Å². The van der Waals surface area contributed by atoms with E-state index in [0.29, 0.717) is 0 Å². The third kappa shape index (κ3) is 6.61. The summed E-state index contributed by atoms with van der Waals surface area (Å²) in [6.45, 7) is 6.03. The predicted molar refractivity (Wildman–Crippen MR) is 105 cm³/mol. The second-order valence-electron chi connectivity index (χ2n) is 7.29. The van der Waals surface area contributed by atoms with Crippen LogP contribution in [0.5, 0.6) is 0 Å². The summed E-state index contributed by atoms with van der Waals surface area (Å²) in [5, 5.41) is 0.151. The summed E-state index contributed by atoms with van der Waals surface area (Å²) in [5.41, 5.74) is -3.34. The van der Waals surface area contributed by atoms with Gasteiger partial charge in [0, 0.05) is 31.5 Å². The maximum Gasteiger partial charge on any atom is 0.328 e. The molecule has 0 N–H and O–H groups in total. The van der Waals surface area contributed by atoms with E-state index >= 15 is 0 Å². The Bertz CT molecular complexity index is 772. The van der Waals surface area contributed by atoms with Crippen LogP contribution in [0.3, 0.4) is 0 Å². The van der Waals surface area contributed by atoms with Gasteiger partial charge in [0.05, 0.1) is 11.6 Å². The number of pyridine rings is 1. The zero-order valence-corrected chi connectivity index (χ0v) is 18.0. The molecule has 8 nitrogen and oxygen atoms in total. The molecule has 0 aliphatic carbocycles. The highest BCUT2D eigenvalue weighted by atomic mass is 35.5. The van der Waals surface area contributed by atoms with Gasteiger partial charge in [-0.15, -0.1) is 0 Å². The zero-order chi connectivity index (χ0) is 22.2. The average Bonchev–Trinajstić information content (AvgIpc) is 2.61. The second kappa shape index (κ2) is 10.5. The van der Waals surface area contributed by atoms with E-state index in [9.17, 15) is 19.2 Å². The largest absolute Gasteiger partial charge is 0.466 e. The van der Waals surface area contributed by atoms with Crippen molar-refractivity contribution in [3.8, 4) is 0 Å². The van der Waals surface area contributed by atoms with E-state index in [2.05, 4.69) is 4.98 Å². The van der Waals surface area contributed by atoms with E-state index < -0.39 is 47.5 Å². The standard InChI is InChI=1S/C20H26ClNO7/c1-6-28-16(24)7-8-20(15(23)12-27-5,18(26)29-19(2,3)4)17(25)13-9-14(21)11-22-10-13/h9-11H,6-8,12H2,1-5H3. The van der Waals surface area contributed by atoms with Crippen LogP contribution in [0.4, 0.5) is 0 Å². The minimum Gasteiger partial charge on any atom is -0.466 e. The summed E-state index contributed by atoms with van der Waals surface area (Å²) < 4.78 is 15.2. The van der Waals surface area contributed by atoms with Crippen LogP contribution in [-0.4, -0.2) is 54.4 Å². The molecule has 0 saturated heterocycles. The van der Waals surface area contributed by atoms with Crippen molar-refractivity contribution < 1.29 is 33.4 Å². The van der Waals surface area contributed by atoms with E-state index in [0.717, 1.165) is 0 Å². The first-order chi connectivity index (χ1) is 13.5. The molecule has 1 rings (SSSR count). The minimum atomic E-state index is -2.30. The molecule has 0 amide bonds. The first-order valence-corrected chi connectivity index (χ1v) is 9.42. The summed E-state index contributed by atoms with van der Waals surface area (Å²) in [6, 6.07) is 1.29. The quantitative estimate of drug-likeness (QED) is 0.318. The third-order valence-corrected chi connectivity index (χ3v) is 4.07. The number of methoxy groups -OCH3 is 1. The number of hydrogen-bond acceptors (Lipinski definition) is 8. The summed E-state index contributed by atoms with van der Waals surface area (Å²) in [4.78, 5) is 55.3. The molecule has 9 heteroatoms. The summed E-state index contributed by atoms with van der Waals surface area (Å²) >= 11 is 5.92. The Morgan fingerprint density at radius 3 is 2.31 bits per heavy atom. The fourth-order valence-electron chi connectivity index (χ4n) is 2.61. The highest BCUT2D eigenvalue weighted by Gasteiger charge is 2.54. The van der Waals surface area contributed by atoms with Gasteiger partial charge in [-0.25, -0.2) is 0 Å². The second-order valence-corrected chi connectivity index (χ2v) is 7.73. The van der Waals surface area contributed by atoms with Crippen molar-refractivity contribution in [1.29, 1.82) is 0 Å². The summed E-state index contributed by atoms with van der Waals surface area (Å²) in [6.07, 6.45) is 1.72. The third-order valence-electron chi connectivity index (χ3n) is 3.86. The molecule has 0 bridgehead atoms. The minimum absolute atomic E-state index is 0.0586. The molecule has 0 aliphatic heterocycles. The first-order valence-electron chi connectivity index (χ1n) is 9.04. The van der Waals surface area contributed by atoms with Crippen molar-refractivity contribution in [2.24, 2.45) is 5.41 Å². The van der Waals surface area contributed by atoms with Gasteiger partial charge >= 0.3 is 11.9 Å². The first kappa shape index (κ1) is 24.7. The van der Waals surface area contributed by atoms with Gasteiger partial charge in [-0.3, -0.25) is 24.2 Å². The fraction of sp³-hybridized carbons (Fsp3) is 0.550. The van der Waals surface area contributed by atoms with Crippen LogP contribution in [0.25, 0.3) is 0 Å². The van der Waals surface area contributed by atoms with Crippen LogP contribution in [-0.2, 0) is 28.6 Å². The topological polar surface area (TPSA) is 109 Å². The summed E-state index contributed by atoms with van der Waals surface area (Å²) in [5.74, 6) is -3.42. The van der Waals surface area contributed by atoms with Crippen molar-refractivity contribution in [3.63, 3.8) is 0 Å². The number of ether oxygens (including phenoxy) is 3. The maximum atomic E-state index is 13.4. The highest BCUT2D eigenvalue weighted by molar-refractivity contribution is 6.32. The molecule has 29 heavy (non-hydrogen) atoms. The molecule has 0 saturated carbocycles. The molecular weight excluding hydrogens is 402 g/mol. The predicted octanol–water partition coefficient (Wildman–Crippen LogP) is 2.80. The van der Waals surface area contributed by atoms with Crippen molar-refractivity contribution in [3.05, 3.63) is 29.0 Å². The SMILES string of the molecule is CCOC(=O)CCC(C(=O)COC)(C(=O)OC(C)(C)C)C(=O)c1cncc(Cl)c1. The molecule has 1 atom stereocenters. The van der Waals surface area contributed by atoms with E-state index in [1.54, 1.807) is 27.7 Å². The van der Waals surface area contributed by atoms with Crippen molar-refractivity contribution in [2.45, 2.75) is 46.1 Å². The Hall–Kier alpha value is -2.32. The van der Waals surface area contributed by atoms with Crippen molar-refractivity contribution >= 4 is 35.1 Å². The van der Waals surface area contributed by atoms with Crippen LogP contribution < -0.4 is 0 Å². The van der Waals surface area contributed by atoms with Crippen LogP contribution in [0.15, 0.2) is 18.5 Å². The molecule has 0 spiro atoms. The van der Waals surface area contributed by atoms with Gasteiger partial charge < -0.3 is 14.2 Å². The number of halogens is 1. The van der Waals surface area contributed by atoms with Crippen molar-refractivity contribution in [1.82, 2.24) is 4.98 Å². The number of carbonyl (C=O) groups excluding carboxylic acids is 4. The number of aromatic nitrogens is 1. The Kier molecular flexibility index (Phi) is 8.91. The molecule has 1 unspecified atom stereocenters. The molecule has 160 valence electrons. The highest BCUT2D eigenvalue weighted by Crippen LogP contribution is 2.34. The van der Waals surface area contributed by atoms with Gasteiger partial charge in [0.2, 0.25) is 0 Å². The van der Waals surface area contributed by atoms with Gasteiger partial charge in [-0.2, -0.15) is 0 Å². The zero-order valence-electron chi connectivity index (χ0n) is 17.2.